The van der Waals surface area contributed by atoms with Gasteiger partial charge in [-0.05, 0) is 44.7 Å². The molecule has 14 nitrogen and oxygen atoms in total. The minimum absolute atomic E-state index is 0.0444. The van der Waals surface area contributed by atoms with Crippen molar-refractivity contribution in [3.63, 3.8) is 0 Å². The first kappa shape index (κ1) is 28.2. The fourth-order valence-corrected chi connectivity index (χ4v) is 5.73. The summed E-state index contributed by atoms with van der Waals surface area (Å²) < 4.78 is 43.3. The number of anilines is 2. The summed E-state index contributed by atoms with van der Waals surface area (Å²) in [7, 11) is -2.51. The average molecular weight is 576 g/mol. The Kier molecular flexibility index (Phi) is 8.81. The van der Waals surface area contributed by atoms with Crippen LogP contribution in [0.2, 0.25) is 0 Å². The smallest absolute Gasteiger partial charge is 0.459 e. The number of carbonyl (C=O) groups excluding carboxylic acids is 1. The molecule has 1 saturated carbocycles. The highest BCUT2D eigenvalue weighted by Crippen LogP contribution is 2.46. The summed E-state index contributed by atoms with van der Waals surface area (Å²) >= 11 is 0. The number of hydrogen-bond acceptors (Lipinski definition) is 12. The predicted molar refractivity (Wildman–Crippen MR) is 146 cm³/mol. The van der Waals surface area contributed by atoms with Crippen LogP contribution in [-0.2, 0) is 28.1 Å². The van der Waals surface area contributed by atoms with Crippen LogP contribution in [-0.4, -0.2) is 70.6 Å². The number of fused-ring (bicyclic) bond motifs is 1. The van der Waals surface area contributed by atoms with E-state index in [2.05, 4.69) is 25.4 Å². The zero-order valence-corrected chi connectivity index (χ0v) is 23.3. The lowest BCUT2D eigenvalue weighted by Gasteiger charge is -2.24. The number of aromatic nitrogens is 4. The van der Waals surface area contributed by atoms with E-state index >= 15 is 0 Å². The van der Waals surface area contributed by atoms with Crippen molar-refractivity contribution in [2.24, 2.45) is 0 Å². The SMILES string of the molecule is COCCOC(=O)[C@H](C)N[P@](=O)(OC[C@@H]1CC[C@H](n2cnc3c(NC4CC4)nc(N)nc32)O1)Oc1ccccc1. The molecule has 216 valence electrons. The Morgan fingerprint density at radius 2 is 2.00 bits per heavy atom. The number of nitrogens with one attached hydrogen (secondary N) is 2. The minimum Gasteiger partial charge on any atom is -0.462 e. The molecule has 1 aliphatic heterocycles. The molecule has 0 amide bonds. The van der Waals surface area contributed by atoms with Crippen LogP contribution in [0.25, 0.3) is 11.2 Å². The van der Waals surface area contributed by atoms with Gasteiger partial charge < -0.3 is 29.8 Å². The first-order valence-corrected chi connectivity index (χ1v) is 14.7. The number of esters is 1. The van der Waals surface area contributed by atoms with Gasteiger partial charge in [-0.3, -0.25) is 13.9 Å². The lowest BCUT2D eigenvalue weighted by molar-refractivity contribution is -0.146. The molecule has 15 heteroatoms. The summed E-state index contributed by atoms with van der Waals surface area (Å²) in [5, 5.41) is 6.02. The van der Waals surface area contributed by atoms with Crippen molar-refractivity contribution in [2.75, 3.05) is 38.0 Å². The summed E-state index contributed by atoms with van der Waals surface area (Å²) in [5.41, 5.74) is 7.17. The monoisotopic (exact) mass is 575 g/mol. The van der Waals surface area contributed by atoms with E-state index in [9.17, 15) is 9.36 Å². The summed E-state index contributed by atoms with van der Waals surface area (Å²) in [5.74, 6) is 0.469. The highest BCUT2D eigenvalue weighted by molar-refractivity contribution is 7.52. The van der Waals surface area contributed by atoms with Gasteiger partial charge in [0.25, 0.3) is 0 Å². The number of para-hydroxylation sites is 1. The molecule has 5 rings (SSSR count). The van der Waals surface area contributed by atoms with E-state index in [4.69, 9.17) is 29.0 Å². The Morgan fingerprint density at radius 3 is 2.75 bits per heavy atom. The Hall–Kier alpha value is -3.29. The topological polar surface area (TPSA) is 174 Å². The third-order valence-corrected chi connectivity index (χ3v) is 8.03. The van der Waals surface area contributed by atoms with E-state index in [0.29, 0.717) is 41.6 Å². The first-order valence-electron chi connectivity index (χ1n) is 13.2. The second kappa shape index (κ2) is 12.5. The fraction of sp³-hybridized carbons (Fsp3) is 0.520. The molecular formula is C25H34N7O7P. The highest BCUT2D eigenvalue weighted by atomic mass is 31.2. The van der Waals surface area contributed by atoms with Crippen molar-refractivity contribution >= 4 is 36.6 Å². The second-order valence-corrected chi connectivity index (χ2v) is 11.4. The van der Waals surface area contributed by atoms with Gasteiger partial charge in [0.2, 0.25) is 5.95 Å². The number of carbonyl (C=O) groups is 1. The quantitative estimate of drug-likeness (QED) is 0.145. The maximum absolute atomic E-state index is 13.7. The maximum Gasteiger partial charge on any atom is 0.459 e. The normalized spacial score (nSPS) is 21.1. The molecule has 1 aliphatic carbocycles. The van der Waals surface area contributed by atoms with Crippen LogP contribution in [0.1, 0.15) is 38.8 Å². The van der Waals surface area contributed by atoms with Crippen LogP contribution in [0, 0.1) is 0 Å². The molecule has 0 unspecified atom stereocenters. The molecule has 0 radical (unpaired) electrons. The van der Waals surface area contributed by atoms with E-state index < -0.39 is 25.9 Å². The molecule has 3 aromatic rings. The van der Waals surface area contributed by atoms with Gasteiger partial charge >= 0.3 is 13.7 Å². The molecular weight excluding hydrogens is 541 g/mol. The predicted octanol–water partition coefficient (Wildman–Crippen LogP) is 3.03. The van der Waals surface area contributed by atoms with Gasteiger partial charge in [-0.1, -0.05) is 18.2 Å². The summed E-state index contributed by atoms with van der Waals surface area (Å²) in [6, 6.07) is 7.98. The first-order chi connectivity index (χ1) is 19.3. The number of hydrogen-bond donors (Lipinski definition) is 3. The van der Waals surface area contributed by atoms with Gasteiger partial charge in [-0.15, -0.1) is 0 Å². The van der Waals surface area contributed by atoms with Crippen LogP contribution in [0.5, 0.6) is 5.75 Å². The third-order valence-electron chi connectivity index (χ3n) is 6.39. The summed E-state index contributed by atoms with van der Waals surface area (Å²) in [6.07, 6.45) is 4.32. The van der Waals surface area contributed by atoms with Crippen molar-refractivity contribution in [1.29, 1.82) is 0 Å². The number of nitrogens with two attached hydrogens (primary N) is 1. The molecule has 0 spiro atoms. The number of ether oxygens (including phenoxy) is 3. The van der Waals surface area contributed by atoms with Crippen molar-refractivity contribution in [1.82, 2.24) is 24.6 Å². The third kappa shape index (κ3) is 7.07. The van der Waals surface area contributed by atoms with E-state index in [1.54, 1.807) is 36.7 Å². The summed E-state index contributed by atoms with van der Waals surface area (Å²) in [4.78, 5) is 25.6. The number of nitrogens with zero attached hydrogens (tertiary/aromatic N) is 4. The largest absolute Gasteiger partial charge is 0.462 e. The van der Waals surface area contributed by atoms with E-state index in [1.807, 2.05) is 4.57 Å². The zero-order valence-electron chi connectivity index (χ0n) is 22.4. The number of rotatable bonds is 14. The Balaban J connectivity index is 1.24. The Morgan fingerprint density at radius 1 is 1.20 bits per heavy atom. The average Bonchev–Trinajstić information content (AvgIpc) is 3.45. The Bertz CT molecular complexity index is 1350. The molecule has 4 N–H and O–H groups in total. The van der Waals surface area contributed by atoms with Crippen LogP contribution in [0.3, 0.4) is 0 Å². The van der Waals surface area contributed by atoms with Crippen LogP contribution < -0.4 is 20.7 Å². The van der Waals surface area contributed by atoms with Crippen LogP contribution >= 0.6 is 7.75 Å². The van der Waals surface area contributed by atoms with Crippen molar-refractivity contribution < 1.29 is 32.6 Å². The molecule has 1 aromatic carbocycles. The molecule has 0 bridgehead atoms. The number of nitrogen functional groups attached to an aromatic ring is 1. The van der Waals surface area contributed by atoms with Gasteiger partial charge in [0, 0.05) is 13.2 Å². The number of methoxy groups -OCH3 is 1. The molecule has 2 fully saturated rings. The molecule has 3 heterocycles. The number of imidazole rings is 1. The molecule has 40 heavy (non-hydrogen) atoms. The zero-order chi connectivity index (χ0) is 28.1. The molecule has 4 atom stereocenters. The molecule has 2 aliphatic rings. The molecule has 2 aromatic heterocycles. The van der Waals surface area contributed by atoms with Crippen molar-refractivity contribution in [3.8, 4) is 5.75 Å². The van der Waals surface area contributed by atoms with E-state index in [-0.39, 0.29) is 32.0 Å². The number of benzene rings is 1. The van der Waals surface area contributed by atoms with Gasteiger partial charge in [0.1, 0.15) is 24.6 Å². The second-order valence-electron chi connectivity index (χ2n) is 9.67. The standard InChI is InChI=1S/C25H34N7O7P/c1-16(24(33)36-13-12-35-2)31-40(34,39-18-6-4-3-5-7-18)37-14-19-10-11-20(38-19)32-15-27-21-22(28-17-8-9-17)29-25(26)30-23(21)32/h3-7,15-17,19-20H,8-14H2,1-2H3,(H,31,34)(H3,26,28,29,30)/t16-,19-,20+,40-/m0/s1. The maximum atomic E-state index is 13.7. The van der Waals surface area contributed by atoms with Gasteiger partial charge in [-0.2, -0.15) is 15.1 Å². The highest BCUT2D eigenvalue weighted by Gasteiger charge is 2.36. The van der Waals surface area contributed by atoms with Gasteiger partial charge in [-0.25, -0.2) is 9.55 Å². The van der Waals surface area contributed by atoms with Crippen LogP contribution in [0.4, 0.5) is 11.8 Å². The van der Waals surface area contributed by atoms with Crippen molar-refractivity contribution in [2.45, 2.75) is 57.0 Å². The Labute approximate surface area is 231 Å². The van der Waals surface area contributed by atoms with E-state index in [1.165, 1.54) is 14.0 Å². The van der Waals surface area contributed by atoms with E-state index in [0.717, 1.165) is 12.8 Å². The fourth-order valence-electron chi connectivity index (χ4n) is 4.21. The minimum atomic E-state index is -4.01. The molecule has 1 saturated heterocycles. The van der Waals surface area contributed by atoms with Gasteiger partial charge in [0.05, 0.1) is 25.6 Å². The van der Waals surface area contributed by atoms with Crippen molar-refractivity contribution in [3.05, 3.63) is 36.7 Å². The lowest BCUT2D eigenvalue weighted by Crippen LogP contribution is -2.36. The summed E-state index contributed by atoms with van der Waals surface area (Å²) in [6.45, 7) is 1.79. The van der Waals surface area contributed by atoms with Gasteiger partial charge in [0.15, 0.2) is 17.0 Å². The van der Waals surface area contributed by atoms with Crippen LogP contribution in [0.15, 0.2) is 36.7 Å². The lowest BCUT2D eigenvalue weighted by atomic mass is 10.2.